The van der Waals surface area contributed by atoms with Crippen LogP contribution in [0.3, 0.4) is 0 Å². The number of anilines is 1. The molecule has 0 fully saturated rings. The van der Waals surface area contributed by atoms with Gasteiger partial charge < -0.3 is 5.73 Å². The molecule has 0 spiro atoms. The summed E-state index contributed by atoms with van der Waals surface area (Å²) in [5, 5.41) is 4.41. The van der Waals surface area contributed by atoms with E-state index in [-0.39, 0.29) is 4.90 Å². The molecule has 0 aliphatic heterocycles. The van der Waals surface area contributed by atoms with Crippen LogP contribution in [0.15, 0.2) is 35.5 Å². The van der Waals surface area contributed by atoms with Crippen LogP contribution in [0.1, 0.15) is 5.56 Å². The van der Waals surface area contributed by atoms with Gasteiger partial charge in [0.1, 0.15) is 4.90 Å². The number of nitrogens with one attached hydrogen (secondary N) is 1. The maximum Gasteiger partial charge on any atom is 0.265 e. The third kappa shape index (κ3) is 3.30. The molecule has 0 aliphatic carbocycles. The maximum absolute atomic E-state index is 12.2. The number of benzene rings is 1. The number of halogens is 1. The van der Waals surface area contributed by atoms with Gasteiger partial charge in [0.05, 0.1) is 18.4 Å². The second kappa shape index (κ2) is 5.82. The summed E-state index contributed by atoms with van der Waals surface area (Å²) in [7, 11) is -3.68. The summed E-state index contributed by atoms with van der Waals surface area (Å²) in [6, 6.07) is 5.02. The number of rotatable bonds is 5. The summed E-state index contributed by atoms with van der Waals surface area (Å²) in [4.78, 5) is 0.0883. The van der Waals surface area contributed by atoms with Crippen molar-refractivity contribution >= 4 is 27.3 Å². The fraction of sp³-hybridized carbons (Fsp3) is 0.250. The van der Waals surface area contributed by atoms with Gasteiger partial charge in [-0.1, -0.05) is 17.7 Å². The van der Waals surface area contributed by atoms with E-state index in [0.717, 1.165) is 5.56 Å². The lowest BCUT2D eigenvalue weighted by molar-refractivity contribution is 0.599. The van der Waals surface area contributed by atoms with Gasteiger partial charge in [-0.25, -0.2) is 8.42 Å². The highest BCUT2D eigenvalue weighted by atomic mass is 35.5. The molecule has 0 amide bonds. The molecule has 0 saturated carbocycles. The Kier molecular flexibility index (Phi) is 4.32. The van der Waals surface area contributed by atoms with Gasteiger partial charge in [-0.15, -0.1) is 0 Å². The van der Waals surface area contributed by atoms with E-state index < -0.39 is 10.0 Å². The van der Waals surface area contributed by atoms with E-state index in [1.54, 1.807) is 25.1 Å². The summed E-state index contributed by atoms with van der Waals surface area (Å²) in [6.45, 7) is 2.65. The quantitative estimate of drug-likeness (QED) is 0.877. The molecular formula is C12H15ClN4O2S. The largest absolute Gasteiger partial charge is 0.329 e. The molecule has 0 unspecified atom stereocenters. The van der Waals surface area contributed by atoms with E-state index in [9.17, 15) is 8.42 Å². The smallest absolute Gasteiger partial charge is 0.265 e. The van der Waals surface area contributed by atoms with Crippen LogP contribution in [0.4, 0.5) is 5.69 Å². The molecule has 0 saturated heterocycles. The zero-order chi connectivity index (χ0) is 14.8. The lowest BCUT2D eigenvalue weighted by Gasteiger charge is -2.09. The van der Waals surface area contributed by atoms with Gasteiger partial charge in [0.2, 0.25) is 0 Å². The minimum Gasteiger partial charge on any atom is -0.329 e. The van der Waals surface area contributed by atoms with Crippen molar-refractivity contribution < 1.29 is 8.42 Å². The third-order valence-corrected chi connectivity index (χ3v) is 4.28. The van der Waals surface area contributed by atoms with Crippen molar-refractivity contribution in [1.82, 2.24) is 9.78 Å². The van der Waals surface area contributed by atoms with E-state index in [1.165, 1.54) is 17.1 Å². The van der Waals surface area contributed by atoms with Crippen LogP contribution in [-0.4, -0.2) is 24.7 Å². The standard InChI is InChI=1S/C12H15ClN4O2S/c1-9-2-3-10(13)6-12(9)16-20(18,19)11-7-15-17(8-11)5-4-14/h2-3,6-8,16H,4-5,14H2,1H3. The first-order valence-corrected chi connectivity index (χ1v) is 7.80. The Morgan fingerprint density at radius 2 is 2.20 bits per heavy atom. The van der Waals surface area contributed by atoms with E-state index in [0.29, 0.717) is 23.8 Å². The molecule has 0 bridgehead atoms. The summed E-state index contributed by atoms with van der Waals surface area (Å²) < 4.78 is 28.5. The number of nitrogens with two attached hydrogens (primary N) is 1. The van der Waals surface area contributed by atoms with Crippen molar-refractivity contribution in [2.24, 2.45) is 5.73 Å². The van der Waals surface area contributed by atoms with E-state index in [2.05, 4.69) is 9.82 Å². The average Bonchev–Trinajstić information content (AvgIpc) is 2.83. The first-order chi connectivity index (χ1) is 9.42. The second-order valence-electron chi connectivity index (χ2n) is 4.29. The highest BCUT2D eigenvalue weighted by Crippen LogP contribution is 2.23. The average molecular weight is 315 g/mol. The Labute approximate surface area is 122 Å². The molecule has 0 atom stereocenters. The van der Waals surface area contributed by atoms with Crippen LogP contribution in [0.2, 0.25) is 5.02 Å². The molecule has 1 aromatic carbocycles. The van der Waals surface area contributed by atoms with Gasteiger partial charge in [-0.3, -0.25) is 9.40 Å². The van der Waals surface area contributed by atoms with Crippen molar-refractivity contribution in [3.05, 3.63) is 41.2 Å². The van der Waals surface area contributed by atoms with Crippen LogP contribution in [0.5, 0.6) is 0 Å². The zero-order valence-corrected chi connectivity index (χ0v) is 12.4. The number of aromatic nitrogens is 2. The predicted molar refractivity (Wildman–Crippen MR) is 78.3 cm³/mol. The molecule has 20 heavy (non-hydrogen) atoms. The SMILES string of the molecule is Cc1ccc(Cl)cc1NS(=O)(=O)c1cnn(CCN)c1. The van der Waals surface area contributed by atoms with Gasteiger partial charge in [0.25, 0.3) is 10.0 Å². The minimum atomic E-state index is -3.68. The lowest BCUT2D eigenvalue weighted by Crippen LogP contribution is -2.13. The van der Waals surface area contributed by atoms with Crippen molar-refractivity contribution in [3.63, 3.8) is 0 Å². The molecule has 8 heteroatoms. The van der Waals surface area contributed by atoms with Gasteiger partial charge in [-0.2, -0.15) is 5.10 Å². The van der Waals surface area contributed by atoms with Crippen LogP contribution in [0.25, 0.3) is 0 Å². The topological polar surface area (TPSA) is 90.0 Å². The van der Waals surface area contributed by atoms with Crippen LogP contribution >= 0.6 is 11.6 Å². The molecule has 1 heterocycles. The molecule has 6 nitrogen and oxygen atoms in total. The third-order valence-electron chi connectivity index (χ3n) is 2.72. The Balaban J connectivity index is 2.28. The normalized spacial score (nSPS) is 11.6. The molecule has 1 aromatic heterocycles. The molecule has 3 N–H and O–H groups in total. The Hall–Kier alpha value is -1.57. The van der Waals surface area contributed by atoms with Gasteiger partial charge in [0.15, 0.2) is 0 Å². The van der Waals surface area contributed by atoms with Crippen LogP contribution in [-0.2, 0) is 16.6 Å². The fourth-order valence-electron chi connectivity index (χ4n) is 1.65. The van der Waals surface area contributed by atoms with Crippen LogP contribution < -0.4 is 10.5 Å². The number of nitrogens with zero attached hydrogens (tertiary/aromatic N) is 2. The first kappa shape index (κ1) is 14.8. The first-order valence-electron chi connectivity index (χ1n) is 5.94. The fourth-order valence-corrected chi connectivity index (χ4v) is 2.89. The van der Waals surface area contributed by atoms with Crippen molar-refractivity contribution in [3.8, 4) is 0 Å². The molecular weight excluding hydrogens is 300 g/mol. The highest BCUT2D eigenvalue weighted by molar-refractivity contribution is 7.92. The second-order valence-corrected chi connectivity index (χ2v) is 6.41. The summed E-state index contributed by atoms with van der Waals surface area (Å²) >= 11 is 5.87. The molecule has 2 aromatic rings. The van der Waals surface area contributed by atoms with Crippen molar-refractivity contribution in [1.29, 1.82) is 0 Å². The molecule has 0 aliphatic rings. The van der Waals surface area contributed by atoms with Gasteiger partial charge in [0, 0.05) is 17.8 Å². The number of aryl methyl sites for hydroxylation is 1. The predicted octanol–water partition coefficient (Wildman–Crippen LogP) is 1.60. The van der Waals surface area contributed by atoms with Gasteiger partial charge in [-0.05, 0) is 24.6 Å². The summed E-state index contributed by atoms with van der Waals surface area (Å²) in [5.74, 6) is 0. The number of hydrogen-bond acceptors (Lipinski definition) is 4. The van der Waals surface area contributed by atoms with Crippen molar-refractivity contribution in [2.45, 2.75) is 18.4 Å². The number of sulfonamides is 1. The van der Waals surface area contributed by atoms with Gasteiger partial charge >= 0.3 is 0 Å². The summed E-state index contributed by atoms with van der Waals surface area (Å²) in [6.07, 6.45) is 2.73. The Morgan fingerprint density at radius 3 is 2.90 bits per heavy atom. The molecule has 0 radical (unpaired) electrons. The Morgan fingerprint density at radius 1 is 1.45 bits per heavy atom. The number of hydrogen-bond donors (Lipinski definition) is 2. The van der Waals surface area contributed by atoms with E-state index in [1.807, 2.05) is 0 Å². The minimum absolute atomic E-state index is 0.0883. The monoisotopic (exact) mass is 314 g/mol. The van der Waals surface area contributed by atoms with E-state index in [4.69, 9.17) is 17.3 Å². The van der Waals surface area contributed by atoms with Crippen LogP contribution in [0, 0.1) is 6.92 Å². The van der Waals surface area contributed by atoms with E-state index >= 15 is 0 Å². The maximum atomic E-state index is 12.2. The Bertz CT molecular complexity index is 712. The highest BCUT2D eigenvalue weighted by Gasteiger charge is 2.17. The van der Waals surface area contributed by atoms with Crippen molar-refractivity contribution in [2.75, 3.05) is 11.3 Å². The lowest BCUT2D eigenvalue weighted by atomic mass is 10.2. The molecule has 108 valence electrons. The summed E-state index contributed by atoms with van der Waals surface area (Å²) in [5.41, 5.74) is 6.63. The molecule has 2 rings (SSSR count). The zero-order valence-electron chi connectivity index (χ0n) is 10.9.